The van der Waals surface area contributed by atoms with E-state index < -0.39 is 22.6 Å². The van der Waals surface area contributed by atoms with Crippen LogP contribution < -0.4 is 0 Å². The van der Waals surface area contributed by atoms with Gasteiger partial charge in [-0.25, -0.2) is 9.18 Å². The molecule has 0 aliphatic rings. The molecule has 0 aliphatic carbocycles. The fourth-order valence-electron chi connectivity index (χ4n) is 1.42. The normalized spacial score (nSPS) is 12.3. The second-order valence-electron chi connectivity index (χ2n) is 3.65. The van der Waals surface area contributed by atoms with E-state index in [2.05, 4.69) is 0 Å². The van der Waals surface area contributed by atoms with Crippen molar-refractivity contribution >= 4 is 28.4 Å². The average molecular weight is 303 g/mol. The van der Waals surface area contributed by atoms with Gasteiger partial charge in [0, 0.05) is 10.6 Å². The molecule has 0 radical (unpaired) electrons. The van der Waals surface area contributed by atoms with E-state index in [1.54, 1.807) is 0 Å². The van der Waals surface area contributed by atoms with Gasteiger partial charge >= 0.3 is 5.97 Å². The Morgan fingerprint density at radius 1 is 1.37 bits per heavy atom. The SMILES string of the molecule is O=C(O)c1ccc(S(=O)Cc2cc(Cl)ccc2F)o1. The molecule has 1 heterocycles. The molecule has 100 valence electrons. The molecule has 1 aromatic heterocycles. The topological polar surface area (TPSA) is 67.5 Å². The molecular weight excluding hydrogens is 295 g/mol. The molecule has 7 heteroatoms. The highest BCUT2D eigenvalue weighted by Crippen LogP contribution is 2.20. The Labute approximate surface area is 115 Å². The quantitative estimate of drug-likeness (QED) is 0.942. The molecule has 1 aromatic carbocycles. The number of hydrogen-bond donors (Lipinski definition) is 1. The highest BCUT2D eigenvalue weighted by atomic mass is 35.5. The molecule has 19 heavy (non-hydrogen) atoms. The van der Waals surface area contributed by atoms with E-state index in [1.807, 2.05) is 0 Å². The van der Waals surface area contributed by atoms with Crippen LogP contribution in [-0.2, 0) is 16.6 Å². The van der Waals surface area contributed by atoms with Gasteiger partial charge in [-0.15, -0.1) is 0 Å². The Bertz CT molecular complexity index is 653. The van der Waals surface area contributed by atoms with Crippen LogP contribution in [0.2, 0.25) is 5.02 Å². The van der Waals surface area contributed by atoms with Crippen molar-refractivity contribution in [2.75, 3.05) is 0 Å². The molecule has 0 amide bonds. The molecule has 2 rings (SSSR count). The highest BCUT2D eigenvalue weighted by Gasteiger charge is 2.15. The first-order chi connectivity index (χ1) is 8.97. The zero-order chi connectivity index (χ0) is 14.0. The van der Waals surface area contributed by atoms with Crippen LogP contribution >= 0.6 is 11.6 Å². The van der Waals surface area contributed by atoms with E-state index in [0.717, 1.165) is 0 Å². The molecular formula is C12H8ClFO4S. The third kappa shape index (κ3) is 3.21. The van der Waals surface area contributed by atoms with Crippen molar-refractivity contribution in [1.29, 1.82) is 0 Å². The van der Waals surface area contributed by atoms with Crippen LogP contribution in [0.25, 0.3) is 0 Å². The first-order valence-electron chi connectivity index (χ1n) is 5.13. The van der Waals surface area contributed by atoms with E-state index in [9.17, 15) is 13.4 Å². The fourth-order valence-corrected chi connectivity index (χ4v) is 2.67. The Kier molecular flexibility index (Phi) is 4.01. The molecule has 0 saturated heterocycles. The van der Waals surface area contributed by atoms with Crippen LogP contribution in [-0.4, -0.2) is 15.3 Å². The lowest BCUT2D eigenvalue weighted by atomic mass is 10.2. The van der Waals surface area contributed by atoms with E-state index in [-0.39, 0.29) is 22.2 Å². The molecule has 1 atom stereocenters. The van der Waals surface area contributed by atoms with Gasteiger partial charge in [0.25, 0.3) is 0 Å². The van der Waals surface area contributed by atoms with Gasteiger partial charge in [0.15, 0.2) is 5.09 Å². The van der Waals surface area contributed by atoms with Gasteiger partial charge in [-0.3, -0.25) is 4.21 Å². The van der Waals surface area contributed by atoms with Gasteiger partial charge in [-0.2, -0.15) is 0 Å². The summed E-state index contributed by atoms with van der Waals surface area (Å²) < 4.78 is 30.3. The van der Waals surface area contributed by atoms with Gasteiger partial charge in [0.1, 0.15) is 5.82 Å². The predicted molar refractivity (Wildman–Crippen MR) is 67.2 cm³/mol. The second kappa shape index (κ2) is 5.54. The summed E-state index contributed by atoms with van der Waals surface area (Å²) in [5.41, 5.74) is 0.180. The Hall–Kier alpha value is -1.66. The summed E-state index contributed by atoms with van der Waals surface area (Å²) in [6.07, 6.45) is 0. The lowest BCUT2D eigenvalue weighted by molar-refractivity contribution is 0.0656. The van der Waals surface area contributed by atoms with Crippen molar-refractivity contribution in [3.63, 3.8) is 0 Å². The van der Waals surface area contributed by atoms with Crippen molar-refractivity contribution in [3.8, 4) is 0 Å². The van der Waals surface area contributed by atoms with Crippen molar-refractivity contribution < 1.29 is 22.9 Å². The lowest BCUT2D eigenvalue weighted by Gasteiger charge is -2.02. The monoisotopic (exact) mass is 302 g/mol. The number of carbonyl (C=O) groups is 1. The number of carboxylic acids is 1. The Morgan fingerprint density at radius 2 is 2.11 bits per heavy atom. The standard InChI is InChI=1S/C12H8ClFO4S/c13-8-1-2-9(14)7(5-8)6-19(17)11-4-3-10(18-11)12(15)16/h1-5H,6H2,(H,15,16). The maximum absolute atomic E-state index is 13.5. The largest absolute Gasteiger partial charge is 0.475 e. The van der Waals surface area contributed by atoms with E-state index in [1.165, 1.54) is 30.3 Å². The third-order valence-electron chi connectivity index (χ3n) is 2.31. The summed E-state index contributed by atoms with van der Waals surface area (Å²) in [5.74, 6) is -2.23. The number of halogens is 2. The molecule has 4 nitrogen and oxygen atoms in total. The molecule has 0 bridgehead atoms. The fraction of sp³-hybridized carbons (Fsp3) is 0.0833. The number of carboxylic acid groups (broad SMARTS) is 1. The second-order valence-corrected chi connectivity index (χ2v) is 5.47. The van der Waals surface area contributed by atoms with E-state index in [0.29, 0.717) is 5.02 Å². The van der Waals surface area contributed by atoms with Gasteiger partial charge in [-0.05, 0) is 30.3 Å². The summed E-state index contributed by atoms with van der Waals surface area (Å²) in [6, 6.07) is 6.43. The summed E-state index contributed by atoms with van der Waals surface area (Å²) in [6.45, 7) is 0. The lowest BCUT2D eigenvalue weighted by Crippen LogP contribution is -1.98. The van der Waals surface area contributed by atoms with Gasteiger partial charge in [-0.1, -0.05) is 11.6 Å². The summed E-state index contributed by atoms with van der Waals surface area (Å²) in [5, 5.41) is 9.00. The van der Waals surface area contributed by atoms with Crippen LogP contribution in [0.3, 0.4) is 0 Å². The van der Waals surface area contributed by atoms with Crippen LogP contribution in [0, 0.1) is 5.82 Å². The Morgan fingerprint density at radius 3 is 2.74 bits per heavy atom. The number of aromatic carboxylic acids is 1. The maximum atomic E-state index is 13.5. The predicted octanol–water partition coefficient (Wildman–Crippen LogP) is 3.08. The summed E-state index contributed by atoms with van der Waals surface area (Å²) >= 11 is 5.73. The smallest absolute Gasteiger partial charge is 0.371 e. The van der Waals surface area contributed by atoms with Crippen LogP contribution in [0.1, 0.15) is 16.1 Å². The number of benzene rings is 1. The first-order valence-corrected chi connectivity index (χ1v) is 6.82. The van der Waals surface area contributed by atoms with E-state index >= 15 is 0 Å². The molecule has 0 spiro atoms. The van der Waals surface area contributed by atoms with Crippen molar-refractivity contribution in [3.05, 3.63) is 52.5 Å². The summed E-state index contributed by atoms with van der Waals surface area (Å²) in [4.78, 5) is 10.6. The minimum Gasteiger partial charge on any atom is -0.475 e. The minimum atomic E-state index is -1.68. The van der Waals surface area contributed by atoms with Gasteiger partial charge < -0.3 is 9.52 Å². The summed E-state index contributed by atoms with van der Waals surface area (Å²) in [7, 11) is -1.68. The average Bonchev–Trinajstić information content (AvgIpc) is 2.83. The molecule has 0 fully saturated rings. The number of hydrogen-bond acceptors (Lipinski definition) is 3. The molecule has 2 aromatic rings. The maximum Gasteiger partial charge on any atom is 0.371 e. The van der Waals surface area contributed by atoms with E-state index in [4.69, 9.17) is 21.1 Å². The molecule has 0 saturated carbocycles. The van der Waals surface area contributed by atoms with Crippen molar-refractivity contribution in [2.24, 2.45) is 0 Å². The number of rotatable bonds is 4. The zero-order valence-corrected chi connectivity index (χ0v) is 11.0. The van der Waals surface area contributed by atoms with Crippen LogP contribution in [0.15, 0.2) is 39.8 Å². The highest BCUT2D eigenvalue weighted by molar-refractivity contribution is 7.84. The molecule has 1 unspecified atom stereocenters. The van der Waals surface area contributed by atoms with Gasteiger partial charge in [0.05, 0.1) is 16.6 Å². The van der Waals surface area contributed by atoms with Crippen molar-refractivity contribution in [1.82, 2.24) is 0 Å². The third-order valence-corrected chi connectivity index (χ3v) is 3.79. The molecule has 0 aliphatic heterocycles. The van der Waals surface area contributed by atoms with Crippen LogP contribution in [0.4, 0.5) is 4.39 Å². The minimum absolute atomic E-state index is 0.0169. The van der Waals surface area contributed by atoms with Gasteiger partial charge in [0.2, 0.25) is 5.76 Å². The zero-order valence-electron chi connectivity index (χ0n) is 9.43. The number of furan rings is 1. The Balaban J connectivity index is 2.20. The van der Waals surface area contributed by atoms with Crippen LogP contribution in [0.5, 0.6) is 0 Å². The van der Waals surface area contributed by atoms with Crippen molar-refractivity contribution in [2.45, 2.75) is 10.8 Å². The molecule has 1 N–H and O–H groups in total. The first kappa shape index (κ1) is 13.8.